The van der Waals surface area contributed by atoms with Crippen molar-refractivity contribution in [1.82, 2.24) is 24.8 Å². The monoisotopic (exact) mass is 673 g/mol. The number of carbonyl (C=O) groups excluding carboxylic acids is 1. The Labute approximate surface area is 283 Å². The van der Waals surface area contributed by atoms with Crippen LogP contribution in [-0.2, 0) is 15.4 Å². The predicted molar refractivity (Wildman–Crippen MR) is 189 cm³/mol. The van der Waals surface area contributed by atoms with Crippen LogP contribution < -0.4 is 20.1 Å². The SMILES string of the molecule is CC(C)N1CCCC[C@H]1c1nnc2ccc(O[C@@H]3CC[C@H](NC(=O)Nc4cc(NS(C)(=O)=O)cc(C(C)(C)C)c4)c4ccccc43)cn12. The molecule has 2 amide bonds. The highest BCUT2D eigenvalue weighted by atomic mass is 32.2. The molecule has 48 heavy (non-hydrogen) atoms. The second kappa shape index (κ2) is 13.4. The molecule has 4 aromatic rings. The molecule has 2 aliphatic rings. The van der Waals surface area contributed by atoms with E-state index in [0.717, 1.165) is 53.1 Å². The number of pyridine rings is 1. The number of nitrogens with zero attached hydrogens (tertiary/aromatic N) is 4. The number of rotatable bonds is 8. The zero-order valence-electron chi connectivity index (χ0n) is 28.7. The Hall–Kier alpha value is -4.16. The van der Waals surface area contributed by atoms with Gasteiger partial charge in [0.05, 0.1) is 30.2 Å². The Kier molecular flexibility index (Phi) is 9.41. The number of fused-ring (bicyclic) bond motifs is 2. The van der Waals surface area contributed by atoms with E-state index in [1.54, 1.807) is 12.1 Å². The minimum Gasteiger partial charge on any atom is -0.484 e. The largest absolute Gasteiger partial charge is 0.484 e. The molecule has 0 saturated carbocycles. The van der Waals surface area contributed by atoms with Crippen LogP contribution in [0.1, 0.15) is 107 Å². The summed E-state index contributed by atoms with van der Waals surface area (Å²) in [5.74, 6) is 1.70. The fourth-order valence-corrected chi connectivity index (χ4v) is 7.50. The maximum atomic E-state index is 13.3. The van der Waals surface area contributed by atoms with Crippen LogP contribution in [0.3, 0.4) is 0 Å². The van der Waals surface area contributed by atoms with E-state index in [4.69, 9.17) is 4.74 Å². The summed E-state index contributed by atoms with van der Waals surface area (Å²) in [7, 11) is -3.49. The lowest BCUT2D eigenvalue weighted by atomic mass is 9.85. The average molecular weight is 674 g/mol. The first-order chi connectivity index (χ1) is 22.7. The van der Waals surface area contributed by atoms with E-state index >= 15 is 0 Å². The summed E-state index contributed by atoms with van der Waals surface area (Å²) in [5.41, 5.74) is 4.38. The molecule has 2 aromatic heterocycles. The van der Waals surface area contributed by atoms with Gasteiger partial charge in [0.25, 0.3) is 0 Å². The second-order valence-corrected chi connectivity index (χ2v) is 16.1. The molecule has 3 N–H and O–H groups in total. The summed E-state index contributed by atoms with van der Waals surface area (Å²) in [5, 5.41) is 15.2. The Morgan fingerprint density at radius 2 is 1.71 bits per heavy atom. The van der Waals surface area contributed by atoms with Crippen LogP contribution in [0.15, 0.2) is 60.8 Å². The number of carbonyl (C=O) groups is 1. The maximum Gasteiger partial charge on any atom is 0.319 e. The van der Waals surface area contributed by atoms with Crippen molar-refractivity contribution in [3.63, 3.8) is 0 Å². The molecule has 6 rings (SSSR count). The summed E-state index contributed by atoms with van der Waals surface area (Å²) in [6.07, 6.45) is 7.76. The van der Waals surface area contributed by atoms with Crippen molar-refractivity contribution in [2.75, 3.05) is 22.8 Å². The van der Waals surface area contributed by atoms with Crippen LogP contribution >= 0.6 is 0 Å². The van der Waals surface area contributed by atoms with E-state index in [1.807, 2.05) is 63.4 Å². The van der Waals surface area contributed by atoms with E-state index < -0.39 is 10.0 Å². The first-order valence-corrected chi connectivity index (χ1v) is 18.7. The predicted octanol–water partition coefficient (Wildman–Crippen LogP) is 7.11. The number of anilines is 2. The molecular weight excluding hydrogens is 627 g/mol. The Balaban J connectivity index is 1.19. The van der Waals surface area contributed by atoms with Gasteiger partial charge in [-0.15, -0.1) is 10.2 Å². The van der Waals surface area contributed by atoms with E-state index in [9.17, 15) is 13.2 Å². The van der Waals surface area contributed by atoms with Gasteiger partial charge in [0.15, 0.2) is 11.5 Å². The fraction of sp³-hybridized carbons (Fsp3) is 0.472. The molecule has 0 bridgehead atoms. The van der Waals surface area contributed by atoms with Crippen LogP contribution in [0, 0.1) is 0 Å². The van der Waals surface area contributed by atoms with Gasteiger partial charge in [-0.05, 0) is 98.5 Å². The zero-order chi connectivity index (χ0) is 34.2. The molecule has 1 aliphatic carbocycles. The quantitative estimate of drug-likeness (QED) is 0.182. The van der Waals surface area contributed by atoms with Gasteiger partial charge in [-0.1, -0.05) is 51.5 Å². The normalized spacial score (nSPS) is 20.4. The number of aromatic nitrogens is 3. The van der Waals surface area contributed by atoms with Gasteiger partial charge in [-0.2, -0.15) is 0 Å². The van der Waals surface area contributed by atoms with Gasteiger partial charge in [0.1, 0.15) is 11.9 Å². The van der Waals surface area contributed by atoms with E-state index in [0.29, 0.717) is 30.3 Å². The summed E-state index contributed by atoms with van der Waals surface area (Å²) >= 11 is 0. The lowest BCUT2D eigenvalue weighted by Crippen LogP contribution is -2.39. The number of nitrogens with one attached hydrogen (secondary N) is 3. The van der Waals surface area contributed by atoms with Gasteiger partial charge in [0, 0.05) is 11.7 Å². The first kappa shape index (κ1) is 33.7. The topological polar surface area (TPSA) is 130 Å². The number of benzene rings is 2. The van der Waals surface area contributed by atoms with Gasteiger partial charge in [0.2, 0.25) is 10.0 Å². The van der Waals surface area contributed by atoms with Crippen molar-refractivity contribution in [1.29, 1.82) is 0 Å². The van der Waals surface area contributed by atoms with E-state index in [2.05, 4.69) is 54.8 Å². The Morgan fingerprint density at radius 3 is 2.44 bits per heavy atom. The van der Waals surface area contributed by atoms with Crippen molar-refractivity contribution >= 4 is 33.1 Å². The number of ether oxygens (including phenoxy) is 1. The number of urea groups is 1. The molecule has 3 atom stereocenters. The smallest absolute Gasteiger partial charge is 0.319 e. The highest BCUT2D eigenvalue weighted by Crippen LogP contribution is 2.39. The van der Waals surface area contributed by atoms with Crippen molar-refractivity contribution in [3.05, 3.63) is 83.3 Å². The highest BCUT2D eigenvalue weighted by Gasteiger charge is 2.32. The summed E-state index contributed by atoms with van der Waals surface area (Å²) in [6, 6.07) is 17.3. The molecule has 3 heterocycles. The molecule has 0 unspecified atom stereocenters. The summed E-state index contributed by atoms with van der Waals surface area (Å²) in [4.78, 5) is 15.9. The van der Waals surface area contributed by atoms with Gasteiger partial charge in [-0.3, -0.25) is 14.0 Å². The average Bonchev–Trinajstić information content (AvgIpc) is 3.44. The lowest BCUT2D eigenvalue weighted by Gasteiger charge is -2.37. The highest BCUT2D eigenvalue weighted by molar-refractivity contribution is 7.92. The van der Waals surface area contributed by atoms with Crippen LogP contribution in [0.4, 0.5) is 16.2 Å². The second-order valence-electron chi connectivity index (χ2n) is 14.4. The molecule has 256 valence electrons. The minimum absolute atomic E-state index is 0.186. The molecule has 1 saturated heterocycles. The molecule has 0 radical (unpaired) electrons. The summed E-state index contributed by atoms with van der Waals surface area (Å²) < 4.78 is 35.2. The van der Waals surface area contributed by atoms with Crippen LogP contribution in [-0.4, -0.2) is 52.8 Å². The zero-order valence-corrected chi connectivity index (χ0v) is 29.5. The third kappa shape index (κ3) is 7.60. The number of sulfonamides is 1. The van der Waals surface area contributed by atoms with Gasteiger partial charge >= 0.3 is 6.03 Å². The van der Waals surface area contributed by atoms with Gasteiger partial charge < -0.3 is 15.4 Å². The molecule has 2 aromatic carbocycles. The Morgan fingerprint density at radius 1 is 0.958 bits per heavy atom. The Bertz CT molecular complexity index is 1900. The molecule has 0 spiro atoms. The number of piperidine rings is 1. The fourth-order valence-electron chi connectivity index (χ4n) is 6.95. The van der Waals surface area contributed by atoms with Crippen molar-refractivity contribution < 1.29 is 17.9 Å². The van der Waals surface area contributed by atoms with Crippen LogP contribution in [0.2, 0.25) is 0 Å². The number of hydrogen-bond acceptors (Lipinski definition) is 7. The molecule has 12 heteroatoms. The summed E-state index contributed by atoms with van der Waals surface area (Å²) in [6.45, 7) is 11.6. The minimum atomic E-state index is -3.49. The maximum absolute atomic E-state index is 13.3. The molecular formula is C36H47N7O4S. The van der Waals surface area contributed by atoms with Crippen LogP contribution in [0.25, 0.3) is 5.65 Å². The van der Waals surface area contributed by atoms with Crippen LogP contribution in [0.5, 0.6) is 5.75 Å². The molecule has 1 aliphatic heterocycles. The van der Waals surface area contributed by atoms with Crippen molar-refractivity contribution in [2.45, 2.75) is 96.4 Å². The number of likely N-dealkylation sites (tertiary alicyclic amines) is 1. The number of hydrogen-bond donors (Lipinski definition) is 3. The van der Waals surface area contributed by atoms with Crippen molar-refractivity contribution in [2.24, 2.45) is 0 Å². The molecule has 11 nitrogen and oxygen atoms in total. The molecule has 1 fully saturated rings. The van der Waals surface area contributed by atoms with Gasteiger partial charge in [-0.25, -0.2) is 13.2 Å². The van der Waals surface area contributed by atoms with E-state index in [-0.39, 0.29) is 29.6 Å². The standard InChI is InChI=1S/C36H47N7O4S/c1-23(2)42-18-10-9-13-31(42)34-40-39-33-17-14-27(22-43(33)34)47-32-16-15-30(28-11-7-8-12-29(28)32)38-35(44)37-25-19-24(36(3,4)5)20-26(21-25)41-48(6,45)46/h7-8,11-12,14,17,19-23,30-32,41H,9-10,13,15-16,18H2,1-6H3,(H2,37,38,44)/t30-,31-,32+/m0/s1. The van der Waals surface area contributed by atoms with Crippen molar-refractivity contribution in [3.8, 4) is 5.75 Å². The third-order valence-electron chi connectivity index (χ3n) is 9.29. The first-order valence-electron chi connectivity index (χ1n) is 16.8. The van der Waals surface area contributed by atoms with E-state index in [1.165, 1.54) is 12.8 Å². The lowest BCUT2D eigenvalue weighted by molar-refractivity contribution is 0.105. The number of amides is 2. The third-order valence-corrected chi connectivity index (χ3v) is 9.89.